The first-order valence-corrected chi connectivity index (χ1v) is 8.38. The number of hydrogen-bond acceptors (Lipinski definition) is 1. The van der Waals surface area contributed by atoms with E-state index in [9.17, 15) is 13.2 Å². The van der Waals surface area contributed by atoms with Crippen molar-refractivity contribution in [2.75, 3.05) is 13.6 Å². The van der Waals surface area contributed by atoms with Crippen LogP contribution < -0.4 is 0 Å². The summed E-state index contributed by atoms with van der Waals surface area (Å²) >= 11 is 0. The minimum atomic E-state index is -0.841. The first kappa shape index (κ1) is 17.0. The van der Waals surface area contributed by atoms with E-state index in [1.807, 2.05) is 0 Å². The highest BCUT2D eigenvalue weighted by Crippen LogP contribution is 2.39. The highest BCUT2D eigenvalue weighted by Gasteiger charge is 2.34. The van der Waals surface area contributed by atoms with E-state index >= 15 is 0 Å². The molecule has 1 nitrogen and oxygen atoms in total. The van der Waals surface area contributed by atoms with Crippen molar-refractivity contribution in [3.63, 3.8) is 0 Å². The van der Waals surface area contributed by atoms with Gasteiger partial charge in [-0.25, -0.2) is 13.2 Å². The number of benzene rings is 2. The van der Waals surface area contributed by atoms with Crippen LogP contribution in [0.15, 0.2) is 42.5 Å². The lowest BCUT2D eigenvalue weighted by Crippen LogP contribution is -2.35. The molecule has 128 valence electrons. The topological polar surface area (TPSA) is 3.24 Å². The zero-order valence-electron chi connectivity index (χ0n) is 14.0. The van der Waals surface area contributed by atoms with Gasteiger partial charge in [0.25, 0.3) is 0 Å². The molecule has 1 aliphatic rings. The predicted molar refractivity (Wildman–Crippen MR) is 89.4 cm³/mol. The standard InChI is InChI=1S/C20H22F3N/c1-13(18-7-4-12-24(18)2)19(14-8-10-15(21)11-9-14)16-5-3-6-17(22)20(16)23/h3,5-6,8-11,13,18-19H,4,7,12H2,1-2H3/t13-,18-,19+/m1/s1. The van der Waals surface area contributed by atoms with Gasteiger partial charge in [-0.2, -0.15) is 0 Å². The average Bonchev–Trinajstić information content (AvgIpc) is 2.99. The quantitative estimate of drug-likeness (QED) is 0.764. The van der Waals surface area contributed by atoms with Crippen molar-refractivity contribution in [3.05, 3.63) is 71.0 Å². The lowest BCUT2D eigenvalue weighted by Gasteiger charge is -2.33. The van der Waals surface area contributed by atoms with Crippen LogP contribution in [0.25, 0.3) is 0 Å². The van der Waals surface area contributed by atoms with Gasteiger partial charge in [-0.15, -0.1) is 0 Å². The summed E-state index contributed by atoms with van der Waals surface area (Å²) in [6.45, 7) is 3.08. The van der Waals surface area contributed by atoms with Crippen molar-refractivity contribution in [2.45, 2.75) is 31.7 Å². The summed E-state index contributed by atoms with van der Waals surface area (Å²) in [7, 11) is 2.07. The molecule has 0 aromatic heterocycles. The van der Waals surface area contributed by atoms with E-state index in [0.29, 0.717) is 11.6 Å². The molecule has 1 heterocycles. The van der Waals surface area contributed by atoms with E-state index in [1.165, 1.54) is 18.2 Å². The summed E-state index contributed by atoms with van der Waals surface area (Å²) in [4.78, 5) is 2.28. The van der Waals surface area contributed by atoms with Crippen LogP contribution in [0.4, 0.5) is 13.2 Å². The van der Waals surface area contributed by atoms with Gasteiger partial charge in [0.1, 0.15) is 5.82 Å². The van der Waals surface area contributed by atoms with Gasteiger partial charge in [-0.05, 0) is 61.7 Å². The molecule has 0 bridgehead atoms. The van der Waals surface area contributed by atoms with Gasteiger partial charge < -0.3 is 4.90 Å². The second-order valence-corrected chi connectivity index (χ2v) is 6.72. The summed E-state index contributed by atoms with van der Waals surface area (Å²) in [6, 6.07) is 10.7. The molecule has 0 spiro atoms. The second-order valence-electron chi connectivity index (χ2n) is 6.72. The number of likely N-dealkylation sites (tertiary alicyclic amines) is 1. The minimum absolute atomic E-state index is 0.0826. The Kier molecular flexibility index (Phi) is 4.95. The Hall–Kier alpha value is -1.81. The van der Waals surface area contributed by atoms with Crippen molar-refractivity contribution in [1.82, 2.24) is 4.90 Å². The summed E-state index contributed by atoms with van der Waals surface area (Å²) < 4.78 is 41.6. The highest BCUT2D eigenvalue weighted by atomic mass is 19.2. The number of halogens is 3. The predicted octanol–water partition coefficient (Wildman–Crippen LogP) is 4.97. The Bertz CT molecular complexity index is 699. The first-order valence-electron chi connectivity index (χ1n) is 8.38. The van der Waals surface area contributed by atoms with Crippen LogP contribution in [0.2, 0.25) is 0 Å². The number of rotatable bonds is 4. The average molecular weight is 333 g/mol. The fourth-order valence-corrected chi connectivity index (χ4v) is 4.02. The fraction of sp³-hybridized carbons (Fsp3) is 0.400. The zero-order valence-corrected chi connectivity index (χ0v) is 14.0. The summed E-state index contributed by atoms with van der Waals surface area (Å²) in [5, 5.41) is 0. The van der Waals surface area contributed by atoms with Crippen LogP contribution in [0.1, 0.15) is 36.8 Å². The Balaban J connectivity index is 2.06. The normalized spacial score (nSPS) is 21.0. The number of nitrogens with zero attached hydrogens (tertiary/aromatic N) is 1. The van der Waals surface area contributed by atoms with Gasteiger partial charge >= 0.3 is 0 Å². The molecule has 1 fully saturated rings. The van der Waals surface area contributed by atoms with Crippen LogP contribution in [0, 0.1) is 23.4 Å². The van der Waals surface area contributed by atoms with Crippen molar-refractivity contribution >= 4 is 0 Å². The van der Waals surface area contributed by atoms with Crippen molar-refractivity contribution < 1.29 is 13.2 Å². The molecule has 0 saturated carbocycles. The van der Waals surface area contributed by atoms with E-state index in [1.54, 1.807) is 18.2 Å². The fourth-order valence-electron chi connectivity index (χ4n) is 4.02. The van der Waals surface area contributed by atoms with E-state index in [0.717, 1.165) is 31.0 Å². The molecule has 0 amide bonds. The van der Waals surface area contributed by atoms with Gasteiger partial charge in [0.2, 0.25) is 0 Å². The largest absolute Gasteiger partial charge is 0.303 e. The van der Waals surface area contributed by atoms with Gasteiger partial charge in [0.15, 0.2) is 11.6 Å². The van der Waals surface area contributed by atoms with Gasteiger partial charge in [0.05, 0.1) is 0 Å². The maximum absolute atomic E-state index is 14.5. The van der Waals surface area contributed by atoms with Crippen LogP contribution in [-0.2, 0) is 0 Å². The second kappa shape index (κ2) is 6.98. The molecule has 24 heavy (non-hydrogen) atoms. The Labute approximate surface area is 141 Å². The van der Waals surface area contributed by atoms with E-state index in [-0.39, 0.29) is 17.7 Å². The number of hydrogen-bond donors (Lipinski definition) is 0. The Morgan fingerprint density at radius 1 is 1.04 bits per heavy atom. The Morgan fingerprint density at radius 3 is 2.38 bits per heavy atom. The van der Waals surface area contributed by atoms with Crippen molar-refractivity contribution in [2.24, 2.45) is 5.92 Å². The maximum Gasteiger partial charge on any atom is 0.162 e. The molecule has 3 rings (SSSR count). The van der Waals surface area contributed by atoms with Crippen LogP contribution >= 0.6 is 0 Å². The van der Waals surface area contributed by atoms with Crippen molar-refractivity contribution in [3.8, 4) is 0 Å². The third-order valence-corrected chi connectivity index (χ3v) is 5.26. The van der Waals surface area contributed by atoms with E-state index < -0.39 is 11.6 Å². The van der Waals surface area contributed by atoms with Gasteiger partial charge in [-0.1, -0.05) is 31.2 Å². The molecule has 1 saturated heterocycles. The van der Waals surface area contributed by atoms with Crippen molar-refractivity contribution in [1.29, 1.82) is 0 Å². The smallest absolute Gasteiger partial charge is 0.162 e. The van der Waals surface area contributed by atoms with Crippen LogP contribution in [0.3, 0.4) is 0 Å². The molecule has 4 heteroatoms. The summed E-state index contributed by atoms with van der Waals surface area (Å²) in [5.41, 5.74) is 1.16. The molecule has 1 aliphatic heterocycles. The molecule has 3 atom stereocenters. The molecule has 2 aromatic carbocycles. The highest BCUT2D eigenvalue weighted by molar-refractivity contribution is 5.35. The van der Waals surface area contributed by atoms with E-state index in [2.05, 4.69) is 18.9 Å². The first-order chi connectivity index (χ1) is 11.5. The van der Waals surface area contributed by atoms with E-state index in [4.69, 9.17) is 0 Å². The third kappa shape index (κ3) is 3.20. The SMILES string of the molecule is C[C@@H]([C@@H](c1ccc(F)cc1)c1cccc(F)c1F)[C@H]1CCCN1C. The lowest BCUT2D eigenvalue weighted by atomic mass is 9.77. The van der Waals surface area contributed by atoms with Gasteiger partial charge in [-0.3, -0.25) is 0 Å². The molecule has 0 aliphatic carbocycles. The lowest BCUT2D eigenvalue weighted by molar-refractivity contribution is 0.222. The maximum atomic E-state index is 14.5. The Morgan fingerprint density at radius 2 is 1.75 bits per heavy atom. The molecular formula is C20H22F3N. The molecule has 2 aromatic rings. The van der Waals surface area contributed by atoms with Gasteiger partial charge in [0, 0.05) is 12.0 Å². The van der Waals surface area contributed by atoms with Crippen LogP contribution in [0.5, 0.6) is 0 Å². The molecule has 0 N–H and O–H groups in total. The molecule has 0 unspecified atom stereocenters. The minimum Gasteiger partial charge on any atom is -0.303 e. The third-order valence-electron chi connectivity index (χ3n) is 5.26. The van der Waals surface area contributed by atoms with Crippen LogP contribution in [-0.4, -0.2) is 24.5 Å². The molecular weight excluding hydrogens is 311 g/mol. The molecule has 0 radical (unpaired) electrons. The monoisotopic (exact) mass is 333 g/mol. The zero-order chi connectivity index (χ0) is 17.3. The summed E-state index contributed by atoms with van der Waals surface area (Å²) in [6.07, 6.45) is 2.14. The summed E-state index contributed by atoms with van der Waals surface area (Å²) in [5.74, 6) is -2.21.